The summed E-state index contributed by atoms with van der Waals surface area (Å²) in [6.07, 6.45) is 1.08. The second-order valence-corrected chi connectivity index (χ2v) is 7.66. The lowest BCUT2D eigenvalue weighted by Gasteiger charge is -2.25. The number of hydrogen-bond acceptors (Lipinski definition) is 4. The average molecular weight is 362 g/mol. The van der Waals surface area contributed by atoms with Crippen molar-refractivity contribution >= 4 is 15.9 Å². The summed E-state index contributed by atoms with van der Waals surface area (Å²) < 4.78 is 30.2. The lowest BCUT2D eigenvalue weighted by atomic mass is 10.1. The van der Waals surface area contributed by atoms with E-state index in [9.17, 15) is 13.2 Å². The van der Waals surface area contributed by atoms with Gasteiger partial charge in [-0.3, -0.25) is 4.79 Å². The predicted octanol–water partition coefficient (Wildman–Crippen LogP) is 1.94. The van der Waals surface area contributed by atoms with E-state index in [1.807, 2.05) is 24.3 Å². The van der Waals surface area contributed by atoms with E-state index in [0.29, 0.717) is 11.3 Å². The summed E-state index contributed by atoms with van der Waals surface area (Å²) in [4.78, 5) is 12.7. The van der Waals surface area contributed by atoms with Gasteiger partial charge < -0.3 is 10.1 Å². The SMILES string of the molecule is COc1ccccc1CNC(=O)[C@@H](c1ccccc1)N(C)S(C)(=O)=O. The Bertz CT molecular complexity index is 822. The Labute approximate surface area is 148 Å². The second-order valence-electron chi connectivity index (χ2n) is 5.62. The van der Waals surface area contributed by atoms with E-state index in [2.05, 4.69) is 5.32 Å². The van der Waals surface area contributed by atoms with Crippen molar-refractivity contribution in [3.05, 3.63) is 65.7 Å². The number of likely N-dealkylation sites (N-methyl/N-ethyl adjacent to an activating group) is 1. The Balaban J connectivity index is 2.24. The molecule has 0 aliphatic heterocycles. The number of methoxy groups -OCH3 is 1. The summed E-state index contributed by atoms with van der Waals surface area (Å²) in [5.41, 5.74) is 1.42. The van der Waals surface area contributed by atoms with Crippen LogP contribution in [0.15, 0.2) is 54.6 Å². The topological polar surface area (TPSA) is 75.7 Å². The molecule has 2 aromatic rings. The molecule has 0 aromatic heterocycles. The normalized spacial score (nSPS) is 12.6. The van der Waals surface area contributed by atoms with Crippen molar-refractivity contribution in [3.8, 4) is 5.75 Å². The molecule has 1 atom stereocenters. The van der Waals surface area contributed by atoms with E-state index in [1.54, 1.807) is 37.4 Å². The van der Waals surface area contributed by atoms with Crippen LogP contribution in [-0.2, 0) is 21.4 Å². The zero-order chi connectivity index (χ0) is 18.4. The van der Waals surface area contributed by atoms with Crippen molar-refractivity contribution < 1.29 is 17.9 Å². The maximum Gasteiger partial charge on any atom is 0.243 e. The zero-order valence-electron chi connectivity index (χ0n) is 14.5. The van der Waals surface area contributed by atoms with Gasteiger partial charge in [0.2, 0.25) is 15.9 Å². The minimum Gasteiger partial charge on any atom is -0.496 e. The Morgan fingerprint density at radius 3 is 2.32 bits per heavy atom. The molecule has 0 radical (unpaired) electrons. The first kappa shape index (κ1) is 19.0. The van der Waals surface area contributed by atoms with Crippen LogP contribution in [0.2, 0.25) is 0 Å². The molecule has 7 heteroatoms. The molecule has 6 nitrogen and oxygen atoms in total. The molecule has 0 aliphatic rings. The van der Waals surface area contributed by atoms with Crippen molar-refractivity contribution in [2.45, 2.75) is 12.6 Å². The summed E-state index contributed by atoms with van der Waals surface area (Å²) in [6.45, 7) is 0.240. The number of rotatable bonds is 7. The number of sulfonamides is 1. The maximum atomic E-state index is 12.7. The molecule has 0 saturated heterocycles. The van der Waals surface area contributed by atoms with E-state index in [0.717, 1.165) is 16.1 Å². The second kappa shape index (κ2) is 8.13. The van der Waals surface area contributed by atoms with E-state index in [-0.39, 0.29) is 6.54 Å². The fourth-order valence-electron chi connectivity index (χ4n) is 2.48. The van der Waals surface area contributed by atoms with Crippen LogP contribution in [0, 0.1) is 0 Å². The molecule has 25 heavy (non-hydrogen) atoms. The molecule has 2 rings (SSSR count). The monoisotopic (exact) mass is 362 g/mol. The van der Waals surface area contributed by atoms with Crippen LogP contribution in [0.3, 0.4) is 0 Å². The van der Waals surface area contributed by atoms with Gasteiger partial charge in [-0.1, -0.05) is 48.5 Å². The minimum atomic E-state index is -3.54. The van der Waals surface area contributed by atoms with Crippen LogP contribution in [-0.4, -0.2) is 39.0 Å². The van der Waals surface area contributed by atoms with Gasteiger partial charge in [0.05, 0.1) is 13.4 Å². The number of carbonyl (C=O) groups is 1. The highest BCUT2D eigenvalue weighted by Crippen LogP contribution is 2.23. The number of carbonyl (C=O) groups excluding carboxylic acids is 1. The molecule has 0 fully saturated rings. The van der Waals surface area contributed by atoms with Gasteiger partial charge in [-0.05, 0) is 11.6 Å². The van der Waals surface area contributed by atoms with Gasteiger partial charge in [0.25, 0.3) is 0 Å². The lowest BCUT2D eigenvalue weighted by molar-refractivity contribution is -0.125. The molecule has 1 N–H and O–H groups in total. The lowest BCUT2D eigenvalue weighted by Crippen LogP contribution is -2.41. The fourth-order valence-corrected chi connectivity index (χ4v) is 3.08. The number of benzene rings is 2. The molecular weight excluding hydrogens is 340 g/mol. The van der Waals surface area contributed by atoms with Gasteiger partial charge in [0.1, 0.15) is 11.8 Å². The van der Waals surface area contributed by atoms with Gasteiger partial charge in [0, 0.05) is 19.2 Å². The molecule has 0 aliphatic carbocycles. The van der Waals surface area contributed by atoms with Crippen LogP contribution in [0.4, 0.5) is 0 Å². The quantitative estimate of drug-likeness (QED) is 0.817. The highest BCUT2D eigenvalue weighted by atomic mass is 32.2. The van der Waals surface area contributed by atoms with Crippen LogP contribution in [0.5, 0.6) is 5.75 Å². The summed E-state index contributed by atoms with van der Waals surface area (Å²) in [5, 5.41) is 2.80. The number of amides is 1. The predicted molar refractivity (Wildman–Crippen MR) is 96.6 cm³/mol. The zero-order valence-corrected chi connectivity index (χ0v) is 15.3. The number of para-hydroxylation sites is 1. The van der Waals surface area contributed by atoms with E-state index >= 15 is 0 Å². The number of hydrogen-bond donors (Lipinski definition) is 1. The Kier molecular flexibility index (Phi) is 6.17. The van der Waals surface area contributed by atoms with Gasteiger partial charge in [-0.15, -0.1) is 0 Å². The molecule has 1 amide bonds. The van der Waals surface area contributed by atoms with E-state index < -0.39 is 22.0 Å². The number of ether oxygens (including phenoxy) is 1. The molecule has 2 aromatic carbocycles. The third-order valence-electron chi connectivity index (χ3n) is 3.90. The van der Waals surface area contributed by atoms with Gasteiger partial charge in [-0.25, -0.2) is 8.42 Å². The Morgan fingerprint density at radius 2 is 1.72 bits per heavy atom. The summed E-state index contributed by atoms with van der Waals surface area (Å²) in [5.74, 6) is 0.264. The highest BCUT2D eigenvalue weighted by Gasteiger charge is 2.30. The smallest absolute Gasteiger partial charge is 0.243 e. The van der Waals surface area contributed by atoms with Gasteiger partial charge in [-0.2, -0.15) is 4.31 Å². The maximum absolute atomic E-state index is 12.7. The van der Waals surface area contributed by atoms with Crippen LogP contribution >= 0.6 is 0 Å². The van der Waals surface area contributed by atoms with E-state index in [1.165, 1.54) is 7.05 Å². The summed E-state index contributed by atoms with van der Waals surface area (Å²) in [7, 11) is -0.584. The largest absolute Gasteiger partial charge is 0.496 e. The fraction of sp³-hybridized carbons (Fsp3) is 0.278. The van der Waals surface area contributed by atoms with Crippen molar-refractivity contribution in [2.24, 2.45) is 0 Å². The average Bonchev–Trinajstić information content (AvgIpc) is 2.60. The van der Waals surface area contributed by atoms with Crippen molar-refractivity contribution in [1.29, 1.82) is 0 Å². The summed E-state index contributed by atoms with van der Waals surface area (Å²) >= 11 is 0. The van der Waals surface area contributed by atoms with Crippen molar-refractivity contribution in [2.75, 3.05) is 20.4 Å². The molecule has 0 spiro atoms. The molecule has 0 bridgehead atoms. The van der Waals surface area contributed by atoms with Gasteiger partial charge in [0.15, 0.2) is 0 Å². The highest BCUT2D eigenvalue weighted by molar-refractivity contribution is 7.88. The minimum absolute atomic E-state index is 0.240. The van der Waals surface area contributed by atoms with Gasteiger partial charge >= 0.3 is 0 Å². The standard InChI is InChI=1S/C18H22N2O4S/c1-20(25(3,22)23)17(14-9-5-4-6-10-14)18(21)19-13-15-11-7-8-12-16(15)24-2/h4-12,17H,13H2,1-3H3,(H,19,21)/t17-/m1/s1. The molecular formula is C18H22N2O4S. The van der Waals surface area contributed by atoms with Crippen LogP contribution in [0.25, 0.3) is 0 Å². The molecule has 134 valence electrons. The third-order valence-corrected chi connectivity index (χ3v) is 5.15. The number of nitrogens with zero attached hydrogens (tertiary/aromatic N) is 1. The van der Waals surface area contributed by atoms with Crippen molar-refractivity contribution in [3.63, 3.8) is 0 Å². The third kappa shape index (κ3) is 4.80. The Morgan fingerprint density at radius 1 is 1.12 bits per heavy atom. The van der Waals surface area contributed by atoms with Crippen LogP contribution in [0.1, 0.15) is 17.2 Å². The Hall–Kier alpha value is -2.38. The van der Waals surface area contributed by atoms with Crippen LogP contribution < -0.4 is 10.1 Å². The number of nitrogens with one attached hydrogen (secondary N) is 1. The first-order valence-corrected chi connectivity index (χ1v) is 9.57. The first-order valence-electron chi connectivity index (χ1n) is 7.72. The van der Waals surface area contributed by atoms with E-state index in [4.69, 9.17) is 4.74 Å². The molecule has 0 unspecified atom stereocenters. The molecule has 0 saturated carbocycles. The first-order chi connectivity index (χ1) is 11.8. The summed E-state index contributed by atoms with van der Waals surface area (Å²) in [6, 6.07) is 15.2. The van der Waals surface area contributed by atoms with Crippen molar-refractivity contribution in [1.82, 2.24) is 9.62 Å². The molecule has 0 heterocycles.